The van der Waals surface area contributed by atoms with E-state index in [9.17, 15) is 4.79 Å². The SMILES string of the molecule is CCOC(=O)C1CCCN(CC2(CBr)CCOCC2)C1. The van der Waals surface area contributed by atoms with E-state index in [4.69, 9.17) is 9.47 Å². The molecule has 0 aromatic carbocycles. The molecule has 0 saturated carbocycles. The fourth-order valence-electron chi connectivity index (χ4n) is 3.26. The molecule has 1 atom stereocenters. The van der Waals surface area contributed by atoms with E-state index >= 15 is 0 Å². The van der Waals surface area contributed by atoms with Gasteiger partial charge < -0.3 is 14.4 Å². The van der Waals surface area contributed by atoms with Gasteiger partial charge in [0.1, 0.15) is 0 Å². The Labute approximate surface area is 130 Å². The highest BCUT2D eigenvalue weighted by Gasteiger charge is 2.36. The fraction of sp³-hybridized carbons (Fsp3) is 0.933. The highest BCUT2D eigenvalue weighted by atomic mass is 79.9. The first-order valence-electron chi connectivity index (χ1n) is 7.72. The zero-order valence-electron chi connectivity index (χ0n) is 12.4. The minimum absolute atomic E-state index is 0.0166. The van der Waals surface area contributed by atoms with Crippen LogP contribution in [-0.4, -0.2) is 55.7 Å². The molecule has 20 heavy (non-hydrogen) atoms. The van der Waals surface area contributed by atoms with Gasteiger partial charge in [-0.3, -0.25) is 4.79 Å². The van der Waals surface area contributed by atoms with Crippen LogP contribution in [0.4, 0.5) is 0 Å². The van der Waals surface area contributed by atoms with Crippen LogP contribution >= 0.6 is 15.9 Å². The van der Waals surface area contributed by atoms with Gasteiger partial charge in [-0.15, -0.1) is 0 Å². The van der Waals surface area contributed by atoms with E-state index in [-0.39, 0.29) is 11.9 Å². The van der Waals surface area contributed by atoms with Gasteiger partial charge in [0.25, 0.3) is 0 Å². The van der Waals surface area contributed by atoms with Crippen LogP contribution < -0.4 is 0 Å². The Bertz CT molecular complexity index is 318. The Morgan fingerprint density at radius 2 is 2.20 bits per heavy atom. The number of carbonyl (C=O) groups is 1. The summed E-state index contributed by atoms with van der Waals surface area (Å²) in [5, 5.41) is 1.02. The topological polar surface area (TPSA) is 38.8 Å². The maximum Gasteiger partial charge on any atom is 0.310 e. The number of rotatable bonds is 5. The molecule has 1 unspecified atom stereocenters. The van der Waals surface area contributed by atoms with Gasteiger partial charge in [0.2, 0.25) is 0 Å². The maximum atomic E-state index is 11.9. The van der Waals surface area contributed by atoms with E-state index in [0.29, 0.717) is 12.0 Å². The second-order valence-corrected chi connectivity index (χ2v) is 6.63. The summed E-state index contributed by atoms with van der Waals surface area (Å²) in [5.41, 5.74) is 0.314. The third-order valence-corrected chi connectivity index (χ3v) is 5.71. The van der Waals surface area contributed by atoms with Gasteiger partial charge in [-0.1, -0.05) is 15.9 Å². The quantitative estimate of drug-likeness (QED) is 0.565. The normalized spacial score (nSPS) is 27.2. The molecule has 0 radical (unpaired) electrons. The maximum absolute atomic E-state index is 11.9. The van der Waals surface area contributed by atoms with Gasteiger partial charge in [0, 0.05) is 31.6 Å². The molecule has 2 aliphatic rings. The van der Waals surface area contributed by atoms with Gasteiger partial charge in [0.05, 0.1) is 12.5 Å². The molecule has 0 N–H and O–H groups in total. The summed E-state index contributed by atoms with van der Waals surface area (Å²) >= 11 is 3.69. The van der Waals surface area contributed by atoms with Gasteiger partial charge in [-0.2, -0.15) is 0 Å². The molecule has 2 rings (SSSR count). The zero-order chi connectivity index (χ0) is 14.4. The van der Waals surface area contributed by atoms with Crippen LogP contribution in [0.15, 0.2) is 0 Å². The summed E-state index contributed by atoms with van der Waals surface area (Å²) < 4.78 is 10.7. The highest BCUT2D eigenvalue weighted by molar-refractivity contribution is 9.09. The van der Waals surface area contributed by atoms with E-state index in [2.05, 4.69) is 20.8 Å². The predicted molar refractivity (Wildman–Crippen MR) is 82.1 cm³/mol. The van der Waals surface area contributed by atoms with E-state index < -0.39 is 0 Å². The number of piperidine rings is 1. The number of esters is 1. The van der Waals surface area contributed by atoms with Crippen molar-refractivity contribution < 1.29 is 14.3 Å². The first kappa shape index (κ1) is 16.2. The minimum atomic E-state index is -0.0166. The van der Waals surface area contributed by atoms with Gasteiger partial charge in [-0.05, 0) is 44.6 Å². The molecular formula is C15H26BrNO3. The Balaban J connectivity index is 1.89. The summed E-state index contributed by atoms with van der Waals surface area (Å²) in [4.78, 5) is 14.4. The second kappa shape index (κ2) is 7.76. The van der Waals surface area contributed by atoms with E-state index in [1.165, 1.54) is 0 Å². The molecule has 0 aliphatic carbocycles. The molecule has 2 aliphatic heterocycles. The molecule has 2 saturated heterocycles. The van der Waals surface area contributed by atoms with Crippen LogP contribution in [0.1, 0.15) is 32.6 Å². The number of carbonyl (C=O) groups excluding carboxylic acids is 1. The standard InChI is InChI=1S/C15H26BrNO3/c1-2-20-14(18)13-4-3-7-17(10-13)12-15(11-16)5-8-19-9-6-15/h13H,2-12H2,1H3. The van der Waals surface area contributed by atoms with Crippen LogP contribution in [0.25, 0.3) is 0 Å². The summed E-state index contributed by atoms with van der Waals surface area (Å²) in [6.45, 7) is 7.11. The number of halogens is 1. The van der Waals surface area contributed by atoms with Crippen molar-refractivity contribution in [2.24, 2.45) is 11.3 Å². The molecule has 4 nitrogen and oxygen atoms in total. The van der Waals surface area contributed by atoms with E-state index in [1.54, 1.807) is 0 Å². The molecular weight excluding hydrogens is 322 g/mol. The summed E-state index contributed by atoms with van der Waals surface area (Å²) in [6, 6.07) is 0. The number of hydrogen-bond donors (Lipinski definition) is 0. The molecule has 0 spiro atoms. The van der Waals surface area contributed by atoms with Crippen molar-refractivity contribution in [3.8, 4) is 0 Å². The number of ether oxygens (including phenoxy) is 2. The average Bonchev–Trinajstić information content (AvgIpc) is 2.49. The number of nitrogens with zero attached hydrogens (tertiary/aromatic N) is 1. The monoisotopic (exact) mass is 347 g/mol. The van der Waals surface area contributed by atoms with E-state index in [0.717, 1.165) is 63.9 Å². The summed E-state index contributed by atoms with van der Waals surface area (Å²) in [7, 11) is 0. The van der Waals surface area contributed by atoms with Gasteiger partial charge >= 0.3 is 5.97 Å². The molecule has 0 amide bonds. The zero-order valence-corrected chi connectivity index (χ0v) is 14.0. The Hall–Kier alpha value is -0.130. The number of likely N-dealkylation sites (tertiary alicyclic amines) is 1. The Kier molecular flexibility index (Phi) is 6.30. The van der Waals surface area contributed by atoms with Crippen molar-refractivity contribution in [3.05, 3.63) is 0 Å². The van der Waals surface area contributed by atoms with E-state index in [1.807, 2.05) is 6.92 Å². The molecule has 2 heterocycles. The van der Waals surface area contributed by atoms with Gasteiger partial charge in [0.15, 0.2) is 0 Å². The number of alkyl halides is 1. The van der Waals surface area contributed by atoms with Crippen molar-refractivity contribution in [1.29, 1.82) is 0 Å². The average molecular weight is 348 g/mol. The smallest absolute Gasteiger partial charge is 0.310 e. The van der Waals surface area contributed by atoms with Gasteiger partial charge in [-0.25, -0.2) is 0 Å². The third kappa shape index (κ3) is 4.18. The largest absolute Gasteiger partial charge is 0.466 e. The summed E-state index contributed by atoms with van der Waals surface area (Å²) in [5.74, 6) is 0.0491. The van der Waals surface area contributed by atoms with Crippen molar-refractivity contribution in [3.63, 3.8) is 0 Å². The highest BCUT2D eigenvalue weighted by Crippen LogP contribution is 2.34. The van der Waals surface area contributed by atoms with Crippen molar-refractivity contribution >= 4 is 21.9 Å². The molecule has 116 valence electrons. The number of hydrogen-bond acceptors (Lipinski definition) is 4. The molecule has 5 heteroatoms. The second-order valence-electron chi connectivity index (χ2n) is 6.07. The first-order valence-corrected chi connectivity index (χ1v) is 8.84. The first-order chi connectivity index (χ1) is 9.69. The lowest BCUT2D eigenvalue weighted by Gasteiger charge is -2.42. The molecule has 0 aromatic heterocycles. The Morgan fingerprint density at radius 3 is 2.85 bits per heavy atom. The summed E-state index contributed by atoms with van der Waals surface area (Å²) in [6.07, 6.45) is 4.29. The predicted octanol–water partition coefficient (Wildman–Crippen LogP) is 2.45. The van der Waals surface area contributed by atoms with Crippen LogP contribution in [0.5, 0.6) is 0 Å². The Morgan fingerprint density at radius 1 is 1.45 bits per heavy atom. The lowest BCUT2D eigenvalue weighted by atomic mass is 9.81. The minimum Gasteiger partial charge on any atom is -0.466 e. The van der Waals surface area contributed by atoms with Crippen LogP contribution in [0.2, 0.25) is 0 Å². The van der Waals surface area contributed by atoms with Crippen LogP contribution in [0, 0.1) is 11.3 Å². The van der Waals surface area contributed by atoms with Crippen LogP contribution in [0.3, 0.4) is 0 Å². The molecule has 0 aromatic rings. The van der Waals surface area contributed by atoms with Crippen LogP contribution in [-0.2, 0) is 14.3 Å². The van der Waals surface area contributed by atoms with Crippen molar-refractivity contribution in [2.45, 2.75) is 32.6 Å². The molecule has 2 fully saturated rings. The molecule has 0 bridgehead atoms. The van der Waals surface area contributed by atoms with Crippen molar-refractivity contribution in [1.82, 2.24) is 4.90 Å². The third-order valence-electron chi connectivity index (χ3n) is 4.52. The fourth-order valence-corrected chi connectivity index (χ4v) is 4.00. The van der Waals surface area contributed by atoms with Crippen molar-refractivity contribution in [2.75, 3.05) is 44.8 Å². The lowest BCUT2D eigenvalue weighted by Crippen LogP contribution is -2.47. The lowest BCUT2D eigenvalue weighted by molar-refractivity contribution is -0.150.